The van der Waals surface area contributed by atoms with E-state index < -0.39 is 10.1 Å². The minimum absolute atomic E-state index is 0. The zero-order valence-electron chi connectivity index (χ0n) is 19.8. The van der Waals surface area contributed by atoms with Crippen LogP contribution in [-0.2, 0) is 14.3 Å². The molecule has 0 aliphatic rings. The smallest absolute Gasteiger partial charge is 1.00 e. The Balaban J connectivity index is 0. The van der Waals surface area contributed by atoms with Gasteiger partial charge in [0.25, 0.3) is 10.1 Å². The zero-order valence-corrected chi connectivity index (χ0v) is 21.6. The van der Waals surface area contributed by atoms with Crippen LogP contribution in [0.15, 0.2) is 23.1 Å². The predicted molar refractivity (Wildman–Crippen MR) is 116 cm³/mol. The first-order valence-corrected chi connectivity index (χ1v) is 12.4. The number of unbranched alkanes of at least 4 members (excludes halogenated alkanes) is 12. The SMILES string of the molecule is CCCCCCCCCCCCCCCOS(=O)(=O)c1cccc(C)c1C.[H-].[Na+]. The molecule has 1 rings (SSSR count). The van der Waals surface area contributed by atoms with E-state index in [2.05, 4.69) is 6.92 Å². The molecule has 0 saturated heterocycles. The van der Waals surface area contributed by atoms with Crippen LogP contribution in [-0.4, -0.2) is 15.0 Å². The number of hydrogen-bond donors (Lipinski definition) is 0. The fraction of sp³-hybridized carbons (Fsp3) is 0.739. The average Bonchev–Trinajstić information content (AvgIpc) is 2.64. The summed E-state index contributed by atoms with van der Waals surface area (Å²) in [6.07, 6.45) is 16.6. The molecule has 1 aromatic carbocycles. The Hall–Kier alpha value is 0.130. The van der Waals surface area contributed by atoms with Crippen LogP contribution in [0.4, 0.5) is 0 Å². The second kappa shape index (κ2) is 16.9. The molecular weight excluding hydrogens is 379 g/mol. The van der Waals surface area contributed by atoms with E-state index in [1.165, 1.54) is 70.6 Å². The largest absolute Gasteiger partial charge is 1.00 e. The van der Waals surface area contributed by atoms with Gasteiger partial charge in [0.2, 0.25) is 0 Å². The van der Waals surface area contributed by atoms with Gasteiger partial charge in [-0.15, -0.1) is 0 Å². The average molecular weight is 421 g/mol. The first kappa shape index (κ1) is 28.1. The summed E-state index contributed by atoms with van der Waals surface area (Å²) >= 11 is 0. The Morgan fingerprint density at radius 2 is 1.25 bits per heavy atom. The quantitative estimate of drug-likeness (QED) is 0.228. The number of benzene rings is 1. The maximum atomic E-state index is 12.3. The van der Waals surface area contributed by atoms with Gasteiger partial charge < -0.3 is 1.43 Å². The topological polar surface area (TPSA) is 43.4 Å². The van der Waals surface area contributed by atoms with Crippen LogP contribution in [0, 0.1) is 13.8 Å². The van der Waals surface area contributed by atoms with Gasteiger partial charge in [-0.1, -0.05) is 96.1 Å². The van der Waals surface area contributed by atoms with Crippen molar-refractivity contribution in [2.45, 2.75) is 109 Å². The number of rotatable bonds is 16. The Morgan fingerprint density at radius 1 is 0.786 bits per heavy atom. The first-order chi connectivity index (χ1) is 13.0. The van der Waals surface area contributed by atoms with Crippen LogP contribution >= 0.6 is 0 Å². The van der Waals surface area contributed by atoms with Crippen molar-refractivity contribution in [1.82, 2.24) is 0 Å². The fourth-order valence-corrected chi connectivity index (χ4v) is 4.59. The van der Waals surface area contributed by atoms with E-state index in [0.29, 0.717) is 4.90 Å². The third kappa shape index (κ3) is 12.0. The maximum absolute atomic E-state index is 12.3. The second-order valence-electron chi connectivity index (χ2n) is 7.72. The van der Waals surface area contributed by atoms with E-state index in [1.54, 1.807) is 12.1 Å². The van der Waals surface area contributed by atoms with Crippen molar-refractivity contribution in [3.63, 3.8) is 0 Å². The van der Waals surface area contributed by atoms with Crippen LogP contribution in [0.2, 0.25) is 0 Å². The van der Waals surface area contributed by atoms with Crippen molar-refractivity contribution in [3.05, 3.63) is 29.3 Å². The van der Waals surface area contributed by atoms with Crippen LogP contribution in [0.25, 0.3) is 0 Å². The van der Waals surface area contributed by atoms with Crippen LogP contribution in [0.1, 0.15) is 103 Å². The van der Waals surface area contributed by atoms with Gasteiger partial charge in [-0.05, 0) is 37.5 Å². The third-order valence-electron chi connectivity index (χ3n) is 5.31. The van der Waals surface area contributed by atoms with Gasteiger partial charge >= 0.3 is 29.6 Å². The molecule has 0 aromatic heterocycles. The zero-order chi connectivity index (χ0) is 20.0. The van der Waals surface area contributed by atoms with E-state index in [-0.39, 0.29) is 37.6 Å². The Labute approximate surface area is 197 Å². The Kier molecular flexibility index (Phi) is 17.0. The van der Waals surface area contributed by atoms with E-state index in [4.69, 9.17) is 4.18 Å². The van der Waals surface area contributed by atoms with Gasteiger partial charge in [0.15, 0.2) is 0 Å². The van der Waals surface area contributed by atoms with Crippen molar-refractivity contribution >= 4 is 10.1 Å². The number of aryl methyl sites for hydroxylation is 1. The van der Waals surface area contributed by atoms with E-state index >= 15 is 0 Å². The second-order valence-corrected chi connectivity index (χ2v) is 9.30. The molecule has 1 aromatic rings. The molecule has 3 nitrogen and oxygen atoms in total. The van der Waals surface area contributed by atoms with Gasteiger partial charge in [0.1, 0.15) is 0 Å². The van der Waals surface area contributed by atoms with E-state index in [1.807, 2.05) is 19.9 Å². The molecule has 0 unspecified atom stereocenters. The molecule has 0 atom stereocenters. The molecule has 5 heteroatoms. The molecule has 158 valence electrons. The third-order valence-corrected chi connectivity index (χ3v) is 6.77. The van der Waals surface area contributed by atoms with Gasteiger partial charge in [0, 0.05) is 0 Å². The number of hydrogen-bond acceptors (Lipinski definition) is 3. The van der Waals surface area contributed by atoms with Crippen molar-refractivity contribution in [2.24, 2.45) is 0 Å². The van der Waals surface area contributed by atoms with E-state index in [9.17, 15) is 8.42 Å². The molecule has 0 fully saturated rings. The van der Waals surface area contributed by atoms with Crippen LogP contribution < -0.4 is 29.6 Å². The monoisotopic (exact) mass is 420 g/mol. The predicted octanol–water partition coefficient (Wildman–Crippen LogP) is 4.22. The summed E-state index contributed by atoms with van der Waals surface area (Å²) in [4.78, 5) is 0.303. The summed E-state index contributed by atoms with van der Waals surface area (Å²) in [6.45, 7) is 6.29. The molecule has 0 spiro atoms. The van der Waals surface area contributed by atoms with Gasteiger partial charge in [-0.3, -0.25) is 4.18 Å². The summed E-state index contributed by atoms with van der Waals surface area (Å²) in [5.74, 6) is 0. The van der Waals surface area contributed by atoms with Crippen LogP contribution in [0.3, 0.4) is 0 Å². The van der Waals surface area contributed by atoms with Crippen molar-refractivity contribution < 1.29 is 43.6 Å². The van der Waals surface area contributed by atoms with Crippen LogP contribution in [0.5, 0.6) is 0 Å². The normalized spacial score (nSPS) is 11.4. The molecule has 0 amide bonds. The molecule has 0 N–H and O–H groups in total. The van der Waals surface area contributed by atoms with Crippen molar-refractivity contribution in [3.8, 4) is 0 Å². The van der Waals surface area contributed by atoms with Crippen molar-refractivity contribution in [1.29, 1.82) is 0 Å². The summed E-state index contributed by atoms with van der Waals surface area (Å²) in [5, 5.41) is 0. The van der Waals surface area contributed by atoms with Gasteiger partial charge in [-0.2, -0.15) is 8.42 Å². The minimum atomic E-state index is -3.63. The molecular formula is C23H41NaO3S. The first-order valence-electron chi connectivity index (χ1n) is 10.9. The maximum Gasteiger partial charge on any atom is 1.00 e. The molecule has 0 bridgehead atoms. The fourth-order valence-electron chi connectivity index (χ4n) is 3.35. The summed E-state index contributed by atoms with van der Waals surface area (Å²) < 4.78 is 29.8. The summed E-state index contributed by atoms with van der Waals surface area (Å²) in [7, 11) is -3.63. The Bertz CT molecular complexity index is 621. The molecule has 0 radical (unpaired) electrons. The minimum Gasteiger partial charge on any atom is -1.00 e. The molecule has 0 heterocycles. The molecule has 28 heavy (non-hydrogen) atoms. The molecule has 0 aliphatic carbocycles. The van der Waals surface area contributed by atoms with Gasteiger partial charge in [-0.25, -0.2) is 0 Å². The molecule has 0 saturated carbocycles. The molecule has 0 aliphatic heterocycles. The Morgan fingerprint density at radius 3 is 1.75 bits per heavy atom. The van der Waals surface area contributed by atoms with E-state index in [0.717, 1.165) is 24.0 Å². The summed E-state index contributed by atoms with van der Waals surface area (Å²) in [6, 6.07) is 5.31. The van der Waals surface area contributed by atoms with Crippen molar-refractivity contribution in [2.75, 3.05) is 6.61 Å². The summed E-state index contributed by atoms with van der Waals surface area (Å²) in [5.41, 5.74) is 1.75. The van der Waals surface area contributed by atoms with Gasteiger partial charge in [0.05, 0.1) is 11.5 Å². The standard InChI is InChI=1S/C23H40O3S.Na.H/c1-4-5-6-7-8-9-10-11-12-13-14-15-16-20-26-27(24,25)23-19-17-18-21(2)22(23)3;;/h17-19H,4-16,20H2,1-3H3;;/q;+1;-1.